The van der Waals surface area contributed by atoms with Crippen LogP contribution >= 0.6 is 11.3 Å². The van der Waals surface area contributed by atoms with Gasteiger partial charge in [-0.2, -0.15) is 11.3 Å². The molecule has 0 aliphatic rings. The van der Waals surface area contributed by atoms with Gasteiger partial charge in [0.05, 0.1) is 5.56 Å². The number of amides is 1. The Bertz CT molecular complexity index is 1600. The molecule has 0 atom stereocenters. The SMILES string of the molecule is C=C(C)c1cc(-c2cscc2CN)ccc1-c1ccc(C(=O)NCC(C)C)cc1C(=O)O.CC.Cc1ccc(C(=N)N)cc1. The number of amidine groups is 1. The number of thiophene rings is 1. The molecule has 1 heterocycles. The summed E-state index contributed by atoms with van der Waals surface area (Å²) in [7, 11) is 0. The van der Waals surface area contributed by atoms with E-state index in [9.17, 15) is 14.7 Å². The number of aryl methyl sites for hydroxylation is 1. The van der Waals surface area contributed by atoms with E-state index in [0.29, 0.717) is 30.1 Å². The monoisotopic (exact) mass is 612 g/mol. The first-order valence-electron chi connectivity index (χ1n) is 14.5. The summed E-state index contributed by atoms with van der Waals surface area (Å²) >= 11 is 1.60. The van der Waals surface area contributed by atoms with Crippen molar-refractivity contribution >= 4 is 34.6 Å². The molecular weight excluding hydrogens is 568 g/mol. The number of carboxylic acid groups (broad SMARTS) is 1. The van der Waals surface area contributed by atoms with Crippen molar-refractivity contribution in [2.24, 2.45) is 17.4 Å². The number of carbonyl (C=O) groups excluding carboxylic acids is 1. The van der Waals surface area contributed by atoms with Crippen LogP contribution in [0.3, 0.4) is 0 Å². The molecule has 232 valence electrons. The summed E-state index contributed by atoms with van der Waals surface area (Å²) in [5, 5.41) is 23.9. The van der Waals surface area contributed by atoms with Crippen molar-refractivity contribution in [2.45, 2.75) is 48.1 Å². The summed E-state index contributed by atoms with van der Waals surface area (Å²) in [5.41, 5.74) is 19.6. The number of rotatable bonds is 9. The van der Waals surface area contributed by atoms with Crippen molar-refractivity contribution in [1.82, 2.24) is 5.32 Å². The zero-order valence-corrected chi connectivity index (χ0v) is 27.3. The van der Waals surface area contributed by atoms with Gasteiger partial charge in [-0.3, -0.25) is 10.2 Å². The quantitative estimate of drug-likeness (QED) is 0.0962. The molecule has 4 rings (SSSR count). The smallest absolute Gasteiger partial charge is 0.336 e. The van der Waals surface area contributed by atoms with Gasteiger partial charge in [0.2, 0.25) is 0 Å². The van der Waals surface area contributed by atoms with Crippen LogP contribution < -0.4 is 16.8 Å². The molecule has 44 heavy (non-hydrogen) atoms. The molecule has 0 saturated carbocycles. The highest BCUT2D eigenvalue weighted by Gasteiger charge is 2.19. The normalized spacial score (nSPS) is 10.2. The first kappa shape index (κ1) is 35.7. The fourth-order valence-electron chi connectivity index (χ4n) is 4.26. The highest BCUT2D eigenvalue weighted by molar-refractivity contribution is 7.08. The summed E-state index contributed by atoms with van der Waals surface area (Å²) in [6.07, 6.45) is 0. The molecular formula is C36H44N4O3S. The van der Waals surface area contributed by atoms with Crippen molar-refractivity contribution in [3.63, 3.8) is 0 Å². The van der Waals surface area contributed by atoms with Crippen molar-refractivity contribution in [3.8, 4) is 22.3 Å². The molecule has 7 nitrogen and oxygen atoms in total. The van der Waals surface area contributed by atoms with Gasteiger partial charge in [0.1, 0.15) is 5.84 Å². The lowest BCUT2D eigenvalue weighted by molar-refractivity contribution is 0.0697. The predicted molar refractivity (Wildman–Crippen MR) is 185 cm³/mol. The van der Waals surface area contributed by atoms with E-state index in [1.807, 2.05) is 89.4 Å². The van der Waals surface area contributed by atoms with Crippen LogP contribution in [0, 0.1) is 18.3 Å². The first-order chi connectivity index (χ1) is 20.9. The largest absolute Gasteiger partial charge is 0.478 e. The second-order valence-corrected chi connectivity index (χ2v) is 11.2. The molecule has 0 aliphatic carbocycles. The number of allylic oxidation sites excluding steroid dienone is 1. The molecule has 0 aliphatic heterocycles. The number of aromatic carboxylic acids is 1. The van der Waals surface area contributed by atoms with Gasteiger partial charge in [-0.1, -0.05) is 87.9 Å². The Morgan fingerprint density at radius 3 is 2.07 bits per heavy atom. The Labute approximate surface area is 265 Å². The zero-order valence-electron chi connectivity index (χ0n) is 26.5. The third kappa shape index (κ3) is 9.49. The minimum atomic E-state index is -1.08. The Balaban J connectivity index is 0.000000473. The number of carbonyl (C=O) groups is 2. The number of carboxylic acids is 1. The summed E-state index contributed by atoms with van der Waals surface area (Å²) in [5.74, 6) is -0.940. The van der Waals surface area contributed by atoms with Crippen LogP contribution in [0.5, 0.6) is 0 Å². The number of nitrogens with two attached hydrogens (primary N) is 2. The Kier molecular flexibility index (Phi) is 13.7. The molecule has 0 fully saturated rings. The molecule has 0 spiro atoms. The first-order valence-corrected chi connectivity index (χ1v) is 15.5. The van der Waals surface area contributed by atoms with Gasteiger partial charge in [0.15, 0.2) is 0 Å². The third-order valence-corrected chi connectivity index (χ3v) is 7.38. The molecule has 4 aromatic rings. The lowest BCUT2D eigenvalue weighted by Crippen LogP contribution is -2.27. The Morgan fingerprint density at radius 2 is 1.52 bits per heavy atom. The third-order valence-electron chi connectivity index (χ3n) is 6.59. The summed E-state index contributed by atoms with van der Waals surface area (Å²) in [4.78, 5) is 24.5. The van der Waals surface area contributed by atoms with Gasteiger partial charge >= 0.3 is 5.97 Å². The minimum Gasteiger partial charge on any atom is -0.478 e. The van der Waals surface area contributed by atoms with E-state index in [1.165, 1.54) is 11.6 Å². The van der Waals surface area contributed by atoms with Crippen LogP contribution in [0.15, 0.2) is 78.0 Å². The maximum absolute atomic E-state index is 12.5. The molecule has 7 N–H and O–H groups in total. The van der Waals surface area contributed by atoms with E-state index in [4.69, 9.17) is 16.9 Å². The predicted octanol–water partition coefficient (Wildman–Crippen LogP) is 7.96. The summed E-state index contributed by atoms with van der Waals surface area (Å²) in [6, 6.07) is 18.3. The molecule has 0 unspecified atom stereocenters. The average Bonchev–Trinajstić information content (AvgIpc) is 3.50. The van der Waals surface area contributed by atoms with Crippen molar-refractivity contribution in [1.29, 1.82) is 5.41 Å². The van der Waals surface area contributed by atoms with E-state index >= 15 is 0 Å². The average molecular weight is 613 g/mol. The highest BCUT2D eigenvalue weighted by atomic mass is 32.1. The van der Waals surface area contributed by atoms with E-state index in [-0.39, 0.29) is 17.3 Å². The van der Waals surface area contributed by atoms with E-state index in [2.05, 4.69) is 17.3 Å². The topological polar surface area (TPSA) is 142 Å². The molecule has 0 bridgehead atoms. The molecule has 0 radical (unpaired) electrons. The van der Waals surface area contributed by atoms with Gasteiger partial charge < -0.3 is 21.9 Å². The van der Waals surface area contributed by atoms with Crippen LogP contribution in [0.2, 0.25) is 0 Å². The zero-order chi connectivity index (χ0) is 33.0. The lowest BCUT2D eigenvalue weighted by Gasteiger charge is -2.16. The van der Waals surface area contributed by atoms with E-state index < -0.39 is 5.97 Å². The number of hydrogen-bond acceptors (Lipinski definition) is 5. The van der Waals surface area contributed by atoms with Crippen LogP contribution in [-0.4, -0.2) is 29.4 Å². The van der Waals surface area contributed by atoms with Crippen LogP contribution in [0.4, 0.5) is 0 Å². The number of nitrogens with one attached hydrogen (secondary N) is 2. The van der Waals surface area contributed by atoms with Crippen LogP contribution in [-0.2, 0) is 6.54 Å². The Hall–Kier alpha value is -4.53. The number of benzene rings is 3. The highest BCUT2D eigenvalue weighted by Crippen LogP contribution is 2.36. The summed E-state index contributed by atoms with van der Waals surface area (Å²) < 4.78 is 0. The van der Waals surface area contributed by atoms with Gasteiger partial charge in [-0.25, -0.2) is 4.79 Å². The molecule has 0 saturated heterocycles. The molecule has 1 amide bonds. The van der Waals surface area contributed by atoms with Gasteiger partial charge in [-0.15, -0.1) is 0 Å². The van der Waals surface area contributed by atoms with Gasteiger partial charge in [-0.05, 0) is 82.1 Å². The van der Waals surface area contributed by atoms with E-state index in [0.717, 1.165) is 39.0 Å². The molecule has 1 aromatic heterocycles. The lowest BCUT2D eigenvalue weighted by atomic mass is 9.89. The van der Waals surface area contributed by atoms with E-state index in [1.54, 1.807) is 23.5 Å². The fraction of sp³-hybridized carbons (Fsp3) is 0.250. The second kappa shape index (κ2) is 16.9. The van der Waals surface area contributed by atoms with Gasteiger partial charge in [0.25, 0.3) is 5.91 Å². The standard InChI is InChI=1S/C26H28N2O3S.C8H10N2.C2H6/c1-15(2)12-28-25(29)18-6-8-21(23(10-18)26(30)31)20-7-5-17(9-22(20)16(3)4)24-14-32-13-19(24)11-27;1-6-2-4-7(5-3-6)8(9)10;1-2/h5-10,13-15H,3,11-12,27H2,1-2,4H3,(H,28,29)(H,30,31);2-5H,1H3,(H3,9,10);1-2H3. The van der Waals surface area contributed by atoms with Crippen LogP contribution in [0.25, 0.3) is 27.8 Å². The number of hydrogen-bond donors (Lipinski definition) is 5. The second-order valence-electron chi connectivity index (χ2n) is 10.5. The Morgan fingerprint density at radius 1 is 0.932 bits per heavy atom. The summed E-state index contributed by atoms with van der Waals surface area (Å²) in [6.45, 7) is 17.0. The van der Waals surface area contributed by atoms with Gasteiger partial charge in [0, 0.05) is 24.2 Å². The van der Waals surface area contributed by atoms with Crippen LogP contribution in [0.1, 0.15) is 77.6 Å². The van der Waals surface area contributed by atoms with Crippen molar-refractivity contribution in [2.75, 3.05) is 6.54 Å². The molecule has 3 aromatic carbocycles. The minimum absolute atomic E-state index is 0.0793. The number of nitrogen functional groups attached to an aromatic ring is 1. The maximum Gasteiger partial charge on any atom is 0.336 e. The maximum atomic E-state index is 12.5. The van der Waals surface area contributed by atoms with Crippen molar-refractivity contribution in [3.05, 3.63) is 111 Å². The molecule has 8 heteroatoms. The van der Waals surface area contributed by atoms with Crippen molar-refractivity contribution < 1.29 is 14.7 Å². The fourth-order valence-corrected chi connectivity index (χ4v) is 5.14.